The lowest BCUT2D eigenvalue weighted by Gasteiger charge is -2.35. The predicted molar refractivity (Wildman–Crippen MR) is 125 cm³/mol. The van der Waals surface area contributed by atoms with Crippen LogP contribution in [0.25, 0.3) is 11.1 Å². The molecule has 2 aromatic carbocycles. The third-order valence-corrected chi connectivity index (χ3v) is 6.65. The molecule has 1 saturated carbocycles. The van der Waals surface area contributed by atoms with Gasteiger partial charge in [0.05, 0.1) is 6.61 Å². The summed E-state index contributed by atoms with van der Waals surface area (Å²) >= 11 is 0. The Morgan fingerprint density at radius 1 is 1.00 bits per heavy atom. The van der Waals surface area contributed by atoms with Crippen LogP contribution in [0, 0.1) is 11.8 Å². The predicted octanol–water partition coefficient (Wildman–Crippen LogP) is 3.16. The van der Waals surface area contributed by atoms with E-state index in [9.17, 15) is 14.4 Å². The van der Waals surface area contributed by atoms with Crippen molar-refractivity contribution in [1.29, 1.82) is 0 Å². The summed E-state index contributed by atoms with van der Waals surface area (Å²) in [6.07, 6.45) is 1.44. The molecule has 8 nitrogen and oxygen atoms in total. The summed E-state index contributed by atoms with van der Waals surface area (Å²) in [7, 11) is 1.39. The fraction of sp³-hybridized carbons (Fsp3) is 0.423. The molecule has 180 valence electrons. The van der Waals surface area contributed by atoms with Gasteiger partial charge < -0.3 is 25.2 Å². The molecule has 1 atom stereocenters. The summed E-state index contributed by atoms with van der Waals surface area (Å²) in [6.45, 7) is 0.703. The van der Waals surface area contributed by atoms with E-state index in [4.69, 9.17) is 14.6 Å². The van der Waals surface area contributed by atoms with E-state index in [1.807, 2.05) is 24.3 Å². The Morgan fingerprint density at radius 3 is 2.21 bits per heavy atom. The smallest absolute Gasteiger partial charge is 0.407 e. The molecule has 4 rings (SSSR count). The van der Waals surface area contributed by atoms with Crippen LogP contribution in [0.4, 0.5) is 4.79 Å². The number of benzene rings is 2. The molecule has 2 aliphatic rings. The number of carboxylic acid groups (broad SMARTS) is 1. The molecule has 0 radical (unpaired) electrons. The first-order chi connectivity index (χ1) is 16.5. The van der Waals surface area contributed by atoms with Gasteiger partial charge in [-0.05, 0) is 46.9 Å². The van der Waals surface area contributed by atoms with Crippen molar-refractivity contribution in [3.05, 3.63) is 59.7 Å². The maximum atomic E-state index is 12.3. The molecule has 1 fully saturated rings. The highest BCUT2D eigenvalue weighted by Gasteiger charge is 2.33. The highest BCUT2D eigenvalue weighted by Crippen LogP contribution is 2.44. The number of fused-ring (bicyclic) bond motifs is 3. The molecule has 2 amide bonds. The molecule has 0 aromatic heterocycles. The van der Waals surface area contributed by atoms with E-state index in [0.717, 1.165) is 12.8 Å². The number of carbonyl (C=O) groups is 3. The van der Waals surface area contributed by atoms with E-state index in [0.29, 0.717) is 6.54 Å². The number of carbonyl (C=O) groups excluding carboxylic acids is 2. The van der Waals surface area contributed by atoms with E-state index in [2.05, 4.69) is 34.9 Å². The number of rotatable bonds is 10. The minimum absolute atomic E-state index is 0.0254. The quantitative estimate of drug-likeness (QED) is 0.496. The Bertz CT molecular complexity index is 1000. The highest BCUT2D eigenvalue weighted by atomic mass is 16.5. The molecule has 0 spiro atoms. The van der Waals surface area contributed by atoms with Crippen molar-refractivity contribution >= 4 is 18.0 Å². The lowest BCUT2D eigenvalue weighted by atomic mass is 9.73. The maximum Gasteiger partial charge on any atom is 0.407 e. The zero-order valence-corrected chi connectivity index (χ0v) is 19.2. The summed E-state index contributed by atoms with van der Waals surface area (Å²) in [6, 6.07) is 15.4. The average molecular weight is 467 g/mol. The molecule has 0 bridgehead atoms. The molecule has 3 N–H and O–H groups in total. The van der Waals surface area contributed by atoms with Gasteiger partial charge in [-0.1, -0.05) is 48.5 Å². The van der Waals surface area contributed by atoms with Crippen LogP contribution in [0.1, 0.15) is 36.3 Å². The van der Waals surface area contributed by atoms with Gasteiger partial charge in [-0.15, -0.1) is 0 Å². The van der Waals surface area contributed by atoms with E-state index in [1.165, 1.54) is 29.4 Å². The number of hydrogen-bond acceptors (Lipinski definition) is 5. The third kappa shape index (κ3) is 5.39. The summed E-state index contributed by atoms with van der Waals surface area (Å²) < 4.78 is 10.4. The van der Waals surface area contributed by atoms with Gasteiger partial charge in [-0.3, -0.25) is 4.79 Å². The van der Waals surface area contributed by atoms with Crippen LogP contribution in [0.15, 0.2) is 48.5 Å². The number of carboxylic acids is 1. The van der Waals surface area contributed by atoms with Gasteiger partial charge in [0.15, 0.2) is 6.04 Å². The zero-order valence-electron chi connectivity index (χ0n) is 19.2. The maximum absolute atomic E-state index is 12.3. The van der Waals surface area contributed by atoms with Gasteiger partial charge in [-0.2, -0.15) is 0 Å². The number of amides is 2. The van der Waals surface area contributed by atoms with Crippen molar-refractivity contribution in [3.63, 3.8) is 0 Å². The standard InChI is InChI=1S/C26H30N2O6/c1-33-15-23(25(30)31)28-24(29)12-16-10-17(11-16)13-27-26(32)34-14-22-20-8-4-2-6-18(20)19-7-3-5-9-21(19)22/h2-9,16-17,22-23H,10-15H2,1H3,(H,27,32)(H,28,29)(H,30,31). The Hall–Kier alpha value is -3.39. The van der Waals surface area contributed by atoms with Gasteiger partial charge in [-0.25, -0.2) is 9.59 Å². The fourth-order valence-corrected chi connectivity index (χ4v) is 4.94. The van der Waals surface area contributed by atoms with Crippen molar-refractivity contribution < 1.29 is 29.0 Å². The van der Waals surface area contributed by atoms with Crippen LogP contribution in [-0.4, -0.2) is 56.0 Å². The van der Waals surface area contributed by atoms with Crippen LogP contribution in [0.5, 0.6) is 0 Å². The summed E-state index contributed by atoms with van der Waals surface area (Å²) in [4.78, 5) is 35.5. The molecule has 2 aromatic rings. The number of ether oxygens (including phenoxy) is 2. The third-order valence-electron chi connectivity index (χ3n) is 6.65. The monoisotopic (exact) mass is 466 g/mol. The Morgan fingerprint density at radius 2 is 1.62 bits per heavy atom. The van der Waals surface area contributed by atoms with Crippen LogP contribution in [0.3, 0.4) is 0 Å². The molecule has 8 heteroatoms. The van der Waals surface area contributed by atoms with Crippen molar-refractivity contribution in [1.82, 2.24) is 10.6 Å². The summed E-state index contributed by atoms with van der Waals surface area (Å²) in [5.41, 5.74) is 4.72. The molecule has 0 aliphatic heterocycles. The molecule has 34 heavy (non-hydrogen) atoms. The topological polar surface area (TPSA) is 114 Å². The molecule has 2 aliphatic carbocycles. The number of hydrogen-bond donors (Lipinski definition) is 3. The fourth-order valence-electron chi connectivity index (χ4n) is 4.94. The van der Waals surface area contributed by atoms with Gasteiger partial charge in [0.25, 0.3) is 0 Å². The van der Waals surface area contributed by atoms with Gasteiger partial charge in [0, 0.05) is 26.0 Å². The highest BCUT2D eigenvalue weighted by molar-refractivity contribution is 5.83. The van der Waals surface area contributed by atoms with Crippen molar-refractivity contribution in [2.24, 2.45) is 11.8 Å². The normalized spacial score (nSPS) is 19.3. The van der Waals surface area contributed by atoms with Crippen LogP contribution >= 0.6 is 0 Å². The lowest BCUT2D eigenvalue weighted by Crippen LogP contribution is -2.45. The minimum Gasteiger partial charge on any atom is -0.480 e. The van der Waals surface area contributed by atoms with Gasteiger partial charge >= 0.3 is 12.1 Å². The first kappa shape index (κ1) is 23.8. The number of alkyl carbamates (subject to hydrolysis) is 1. The zero-order chi connectivity index (χ0) is 24.1. The van der Waals surface area contributed by atoms with Crippen LogP contribution < -0.4 is 10.6 Å². The molecule has 0 heterocycles. The minimum atomic E-state index is -1.12. The number of aliphatic carboxylic acids is 1. The Labute approximate surface area is 198 Å². The summed E-state index contributed by atoms with van der Waals surface area (Å²) in [5, 5.41) is 14.4. The second kappa shape index (κ2) is 10.7. The van der Waals surface area contributed by atoms with Crippen molar-refractivity contribution in [2.75, 3.05) is 26.9 Å². The lowest BCUT2D eigenvalue weighted by molar-refractivity contribution is -0.143. The second-order valence-corrected chi connectivity index (χ2v) is 9.03. The largest absolute Gasteiger partial charge is 0.480 e. The van der Waals surface area contributed by atoms with Crippen LogP contribution in [-0.2, 0) is 19.1 Å². The number of nitrogens with one attached hydrogen (secondary N) is 2. The van der Waals surface area contributed by atoms with Gasteiger partial charge in [0.2, 0.25) is 5.91 Å². The average Bonchev–Trinajstić information content (AvgIpc) is 3.12. The summed E-state index contributed by atoms with van der Waals surface area (Å²) in [5.74, 6) is -0.914. The van der Waals surface area contributed by atoms with E-state index >= 15 is 0 Å². The molecular formula is C26H30N2O6. The van der Waals surface area contributed by atoms with E-state index in [1.54, 1.807) is 0 Å². The van der Waals surface area contributed by atoms with E-state index in [-0.39, 0.29) is 43.3 Å². The first-order valence-electron chi connectivity index (χ1n) is 11.6. The van der Waals surface area contributed by atoms with Crippen molar-refractivity contribution in [2.45, 2.75) is 31.2 Å². The SMILES string of the molecule is COCC(NC(=O)CC1CC(CNC(=O)OCC2c3ccccc3-c3ccccc32)C1)C(=O)O. The molecular weight excluding hydrogens is 436 g/mol. The second-order valence-electron chi connectivity index (χ2n) is 9.03. The molecule has 1 unspecified atom stereocenters. The molecule has 0 saturated heterocycles. The number of methoxy groups -OCH3 is 1. The van der Waals surface area contributed by atoms with Crippen LogP contribution in [0.2, 0.25) is 0 Å². The Kier molecular flexibility index (Phi) is 7.47. The van der Waals surface area contributed by atoms with Gasteiger partial charge in [0.1, 0.15) is 6.61 Å². The van der Waals surface area contributed by atoms with E-state index < -0.39 is 18.1 Å². The first-order valence-corrected chi connectivity index (χ1v) is 11.6. The Balaban J connectivity index is 1.17. The van der Waals surface area contributed by atoms with Crippen molar-refractivity contribution in [3.8, 4) is 11.1 Å².